The Morgan fingerprint density at radius 3 is 0.674 bits per heavy atom. The average Bonchev–Trinajstić information content (AvgIpc) is 3.11. The molecule has 0 radical (unpaired) electrons. The van der Waals surface area contributed by atoms with Crippen molar-refractivity contribution in [2.75, 3.05) is 6.54 Å². The molecule has 6 aromatic carbocycles. The van der Waals surface area contributed by atoms with Crippen molar-refractivity contribution >= 4 is 0 Å². The fourth-order valence-electron chi connectivity index (χ4n) is 5.84. The van der Waals surface area contributed by atoms with E-state index in [2.05, 4.69) is 194 Å². The van der Waals surface area contributed by atoms with Gasteiger partial charge < -0.3 is 5.73 Å². The van der Waals surface area contributed by atoms with Crippen LogP contribution < -0.4 is 11.1 Å². The Balaban J connectivity index is 0.000000868. The first kappa shape index (κ1) is 29.7. The molecule has 3 N–H and O–H groups in total. The molecule has 0 unspecified atom stereocenters. The molecule has 0 heterocycles. The van der Waals surface area contributed by atoms with Crippen LogP contribution >= 0.6 is 0 Å². The zero-order valence-electron chi connectivity index (χ0n) is 24.8. The predicted molar refractivity (Wildman–Crippen MR) is 181 cm³/mol. The van der Waals surface area contributed by atoms with Gasteiger partial charge in [-0.25, -0.2) is 0 Å². The molecule has 0 bridgehead atoms. The van der Waals surface area contributed by atoms with Gasteiger partial charge in [0.05, 0.1) is 11.1 Å². The standard InChI is InChI=1S/C38H31N.C3H9N/c1-7-19-31(20-8-1)37(32-21-9-2-10-22-32,33-23-11-3-12-24-33)39-38(34-25-13-4-14-26-34,35-27-15-5-16-28-35)36-29-17-6-18-30-36;1-2-3-4/h1-30,39H;2-4H2,1H3. The van der Waals surface area contributed by atoms with Crippen molar-refractivity contribution in [1.29, 1.82) is 0 Å². The van der Waals surface area contributed by atoms with E-state index in [9.17, 15) is 0 Å². The predicted octanol–water partition coefficient (Wildman–Crippen LogP) is 8.92. The summed E-state index contributed by atoms with van der Waals surface area (Å²) in [6.07, 6.45) is 1.10. The summed E-state index contributed by atoms with van der Waals surface area (Å²) >= 11 is 0. The van der Waals surface area contributed by atoms with Crippen molar-refractivity contribution in [2.45, 2.75) is 24.4 Å². The summed E-state index contributed by atoms with van der Waals surface area (Å²) in [6.45, 7) is 2.88. The number of rotatable bonds is 9. The highest BCUT2D eigenvalue weighted by Gasteiger charge is 2.46. The first-order chi connectivity index (χ1) is 21.3. The molecule has 0 aromatic heterocycles. The van der Waals surface area contributed by atoms with Gasteiger partial charge in [0.15, 0.2) is 0 Å². The molecule has 0 atom stereocenters. The zero-order valence-corrected chi connectivity index (χ0v) is 24.8. The van der Waals surface area contributed by atoms with E-state index in [1.165, 1.54) is 33.4 Å². The minimum absolute atomic E-state index is 0.675. The van der Waals surface area contributed by atoms with E-state index in [0.29, 0.717) is 0 Å². The maximum atomic E-state index is 5.03. The van der Waals surface area contributed by atoms with Crippen LogP contribution in [-0.4, -0.2) is 6.54 Å². The zero-order chi connectivity index (χ0) is 29.8. The quantitative estimate of drug-likeness (QED) is 0.173. The van der Waals surface area contributed by atoms with Crippen LogP contribution in [0.25, 0.3) is 0 Å². The number of hydrogen-bond donors (Lipinski definition) is 2. The van der Waals surface area contributed by atoms with E-state index >= 15 is 0 Å². The van der Waals surface area contributed by atoms with E-state index in [4.69, 9.17) is 5.73 Å². The van der Waals surface area contributed by atoms with Gasteiger partial charge in [0.1, 0.15) is 0 Å². The molecule has 2 nitrogen and oxygen atoms in total. The van der Waals surface area contributed by atoms with E-state index in [-0.39, 0.29) is 0 Å². The Morgan fingerprint density at radius 2 is 0.535 bits per heavy atom. The minimum atomic E-state index is -0.675. The summed E-state index contributed by atoms with van der Waals surface area (Å²) in [5.74, 6) is 0. The van der Waals surface area contributed by atoms with Crippen LogP contribution in [0.15, 0.2) is 182 Å². The Kier molecular flexibility index (Phi) is 9.97. The molecule has 0 spiro atoms. The second-order valence-electron chi connectivity index (χ2n) is 10.6. The average molecular weight is 561 g/mol. The first-order valence-corrected chi connectivity index (χ1v) is 15.1. The number of hydrogen-bond acceptors (Lipinski definition) is 2. The van der Waals surface area contributed by atoms with Crippen LogP contribution in [0, 0.1) is 0 Å². The lowest BCUT2D eigenvalue weighted by molar-refractivity contribution is 0.354. The third-order valence-corrected chi connectivity index (χ3v) is 7.90. The van der Waals surface area contributed by atoms with Gasteiger partial charge in [0.2, 0.25) is 0 Å². The summed E-state index contributed by atoms with van der Waals surface area (Å²) in [5, 5.41) is 4.38. The minimum Gasteiger partial charge on any atom is -0.330 e. The van der Waals surface area contributed by atoms with E-state index in [1.807, 2.05) is 0 Å². The molecule has 0 fully saturated rings. The van der Waals surface area contributed by atoms with Crippen molar-refractivity contribution in [1.82, 2.24) is 5.32 Å². The van der Waals surface area contributed by atoms with Gasteiger partial charge in [-0.1, -0.05) is 189 Å². The monoisotopic (exact) mass is 560 g/mol. The van der Waals surface area contributed by atoms with Crippen molar-refractivity contribution < 1.29 is 0 Å². The largest absolute Gasteiger partial charge is 0.330 e. The highest BCUT2D eigenvalue weighted by molar-refractivity contribution is 5.56. The summed E-state index contributed by atoms with van der Waals surface area (Å²) in [5.41, 5.74) is 10.7. The molecule has 0 aliphatic rings. The van der Waals surface area contributed by atoms with E-state index in [0.717, 1.165) is 13.0 Å². The van der Waals surface area contributed by atoms with Gasteiger partial charge in [-0.2, -0.15) is 0 Å². The van der Waals surface area contributed by atoms with E-state index < -0.39 is 11.1 Å². The Labute approximate surface area is 256 Å². The van der Waals surface area contributed by atoms with Crippen molar-refractivity contribution in [2.24, 2.45) is 5.73 Å². The lowest BCUT2D eigenvalue weighted by Crippen LogP contribution is -2.57. The summed E-state index contributed by atoms with van der Waals surface area (Å²) in [7, 11) is 0. The molecule has 43 heavy (non-hydrogen) atoms. The Bertz CT molecular complexity index is 1300. The second kappa shape index (κ2) is 14.4. The molecule has 2 heteroatoms. The fourth-order valence-corrected chi connectivity index (χ4v) is 5.84. The molecule has 6 aromatic rings. The van der Waals surface area contributed by atoms with Crippen LogP contribution in [0.3, 0.4) is 0 Å². The fraction of sp³-hybridized carbons (Fsp3) is 0.122. The topological polar surface area (TPSA) is 38.0 Å². The maximum Gasteiger partial charge on any atom is 0.0959 e. The van der Waals surface area contributed by atoms with Gasteiger partial charge in [-0.15, -0.1) is 0 Å². The molecule has 0 saturated carbocycles. The van der Waals surface area contributed by atoms with Gasteiger partial charge in [0, 0.05) is 0 Å². The second-order valence-corrected chi connectivity index (χ2v) is 10.6. The molecule has 0 aliphatic carbocycles. The summed E-state index contributed by atoms with van der Waals surface area (Å²) in [6, 6.07) is 64.9. The third kappa shape index (κ3) is 6.22. The van der Waals surface area contributed by atoms with Crippen LogP contribution in [0.2, 0.25) is 0 Å². The van der Waals surface area contributed by atoms with Gasteiger partial charge >= 0.3 is 0 Å². The van der Waals surface area contributed by atoms with Crippen LogP contribution in [0.4, 0.5) is 0 Å². The lowest BCUT2D eigenvalue weighted by Gasteiger charge is -2.47. The molecule has 0 saturated heterocycles. The normalized spacial score (nSPS) is 11.3. The summed E-state index contributed by atoms with van der Waals surface area (Å²) < 4.78 is 0. The molecular weight excluding hydrogens is 520 g/mol. The van der Waals surface area contributed by atoms with Crippen molar-refractivity contribution in [3.63, 3.8) is 0 Å². The first-order valence-electron chi connectivity index (χ1n) is 15.1. The Morgan fingerprint density at radius 1 is 0.372 bits per heavy atom. The third-order valence-electron chi connectivity index (χ3n) is 7.90. The van der Waals surface area contributed by atoms with Crippen LogP contribution in [-0.2, 0) is 11.1 Å². The Hall–Kier alpha value is -4.76. The number of nitrogens with one attached hydrogen (secondary N) is 1. The van der Waals surface area contributed by atoms with Gasteiger partial charge in [-0.05, 0) is 46.3 Å². The molecule has 214 valence electrons. The van der Waals surface area contributed by atoms with Gasteiger partial charge in [0.25, 0.3) is 0 Å². The SMILES string of the molecule is CCCN.c1ccc(C(NC(c2ccccc2)(c2ccccc2)c2ccccc2)(c2ccccc2)c2ccccc2)cc1. The van der Waals surface area contributed by atoms with Crippen LogP contribution in [0.1, 0.15) is 46.7 Å². The van der Waals surface area contributed by atoms with Crippen molar-refractivity contribution in [3.05, 3.63) is 215 Å². The van der Waals surface area contributed by atoms with E-state index in [1.54, 1.807) is 0 Å². The van der Waals surface area contributed by atoms with Crippen LogP contribution in [0.5, 0.6) is 0 Å². The molecule has 0 aliphatic heterocycles. The number of benzene rings is 6. The highest BCUT2D eigenvalue weighted by Crippen LogP contribution is 2.45. The smallest absolute Gasteiger partial charge is 0.0959 e. The highest BCUT2D eigenvalue weighted by atomic mass is 15.1. The number of nitrogens with two attached hydrogens (primary N) is 1. The molecular formula is C41H40N2. The van der Waals surface area contributed by atoms with Crippen molar-refractivity contribution in [3.8, 4) is 0 Å². The maximum absolute atomic E-state index is 5.03. The molecule has 6 rings (SSSR count). The lowest BCUT2D eigenvalue weighted by atomic mass is 9.70. The van der Waals surface area contributed by atoms with Gasteiger partial charge in [-0.3, -0.25) is 5.32 Å². The molecule has 0 amide bonds. The summed E-state index contributed by atoms with van der Waals surface area (Å²) in [4.78, 5) is 0.